The van der Waals surface area contributed by atoms with Crippen LogP contribution in [0.15, 0.2) is 115 Å². The summed E-state index contributed by atoms with van der Waals surface area (Å²) in [5.74, 6) is 3.57. The normalized spacial score (nSPS) is 14.5. The molecule has 0 amide bonds. The van der Waals surface area contributed by atoms with Crippen LogP contribution in [0.4, 0.5) is 34.1 Å². The number of hydrogen-bond acceptors (Lipinski definition) is 4. The van der Waals surface area contributed by atoms with Gasteiger partial charge in [0, 0.05) is 29.1 Å². The van der Waals surface area contributed by atoms with Crippen LogP contribution in [-0.4, -0.2) is 6.71 Å². The van der Waals surface area contributed by atoms with E-state index in [0.29, 0.717) is 0 Å². The van der Waals surface area contributed by atoms with Crippen LogP contribution in [-0.2, 0) is 28.7 Å². The van der Waals surface area contributed by atoms with Crippen LogP contribution < -0.4 is 40.2 Å². The first-order valence-electron chi connectivity index (χ1n) is 23.4. The summed E-state index contributed by atoms with van der Waals surface area (Å²) in [4.78, 5) is 5.08. The Morgan fingerprint density at radius 1 is 0.462 bits per heavy atom. The van der Waals surface area contributed by atoms with E-state index >= 15 is 0 Å². The summed E-state index contributed by atoms with van der Waals surface area (Å²) in [6.07, 6.45) is 2.13. The third-order valence-electron chi connectivity index (χ3n) is 14.4. The molecule has 0 atom stereocenters. The molecule has 0 bridgehead atoms. The minimum absolute atomic E-state index is 0.0511. The van der Waals surface area contributed by atoms with E-state index < -0.39 is 0 Å². The van der Waals surface area contributed by atoms with Crippen molar-refractivity contribution in [3.8, 4) is 45.4 Å². The van der Waals surface area contributed by atoms with Crippen LogP contribution in [0.5, 0.6) is 23.0 Å². The van der Waals surface area contributed by atoms with Gasteiger partial charge < -0.3 is 19.3 Å². The van der Waals surface area contributed by atoms with Gasteiger partial charge in [0.2, 0.25) is 5.69 Å². The van der Waals surface area contributed by atoms with Gasteiger partial charge in [-0.2, -0.15) is 0 Å². The molecule has 7 aromatic rings. The van der Waals surface area contributed by atoms with Gasteiger partial charge in [-0.15, -0.1) is 0 Å². The molecule has 0 aliphatic carbocycles. The Hall–Kier alpha value is -6.27. The molecular formula is C59H61BN3O2+. The largest absolute Gasteiger partial charge is 0.453 e. The van der Waals surface area contributed by atoms with Crippen LogP contribution >= 0.6 is 0 Å². The second-order valence-corrected chi connectivity index (χ2v) is 23.2. The number of benzene rings is 6. The van der Waals surface area contributed by atoms with Crippen molar-refractivity contribution in [2.45, 2.75) is 112 Å². The first-order valence-corrected chi connectivity index (χ1v) is 23.4. The number of rotatable bonds is 2. The van der Waals surface area contributed by atoms with E-state index in [0.717, 1.165) is 51.3 Å². The number of aromatic nitrogens is 1. The zero-order valence-electron chi connectivity index (χ0n) is 40.7. The predicted octanol–water partition coefficient (Wildman–Crippen LogP) is 13.6. The van der Waals surface area contributed by atoms with Gasteiger partial charge in [0.05, 0.1) is 22.7 Å². The number of anilines is 6. The molecule has 5 heterocycles. The Kier molecular flexibility index (Phi) is 8.69. The number of nitrogens with zero attached hydrogens (tertiary/aromatic N) is 3. The molecule has 0 unspecified atom stereocenters. The molecular weight excluding hydrogens is 793 g/mol. The summed E-state index contributed by atoms with van der Waals surface area (Å²) in [5, 5.41) is 0. The number of hydrogen-bond donors (Lipinski definition) is 0. The molecule has 0 saturated carbocycles. The van der Waals surface area contributed by atoms with Crippen LogP contribution in [0.25, 0.3) is 22.4 Å². The average Bonchev–Trinajstić information content (AvgIpc) is 3.23. The zero-order chi connectivity index (χ0) is 45.9. The molecule has 0 saturated heterocycles. The monoisotopic (exact) mass is 854 g/mol. The highest BCUT2D eigenvalue weighted by atomic mass is 16.5. The van der Waals surface area contributed by atoms with Crippen molar-refractivity contribution in [1.29, 1.82) is 0 Å². The highest BCUT2D eigenvalue weighted by molar-refractivity contribution is 7.00. The van der Waals surface area contributed by atoms with E-state index in [2.05, 4.69) is 227 Å². The van der Waals surface area contributed by atoms with Crippen molar-refractivity contribution in [2.24, 2.45) is 7.05 Å². The SMILES string of the molecule is Cc1ccc(-c2cc3c4c(c2)N2c5ccc(C(C)(C)C)cc5Oc5cc(C(C)(C)C)cc(c52)B4c2cc(C(C)(C)C)cc4c2N3c2ccc(C(C)(C)C)cc2O4)cc1-c1cccc[n+]1C. The summed E-state index contributed by atoms with van der Waals surface area (Å²) in [7, 11) is 2.13. The quantitative estimate of drug-likeness (QED) is 0.128. The molecule has 326 valence electrons. The van der Waals surface area contributed by atoms with Gasteiger partial charge in [-0.25, -0.2) is 4.57 Å². The van der Waals surface area contributed by atoms with Crippen molar-refractivity contribution in [2.75, 3.05) is 9.80 Å². The van der Waals surface area contributed by atoms with E-state index in [-0.39, 0.29) is 28.4 Å². The first-order chi connectivity index (χ1) is 30.6. The summed E-state index contributed by atoms with van der Waals surface area (Å²) < 4.78 is 16.6. The van der Waals surface area contributed by atoms with Gasteiger partial charge in [-0.05, 0) is 145 Å². The van der Waals surface area contributed by atoms with E-state index in [1.807, 2.05) is 0 Å². The third kappa shape index (κ3) is 6.37. The third-order valence-corrected chi connectivity index (χ3v) is 14.4. The Morgan fingerprint density at radius 2 is 0.938 bits per heavy atom. The number of aryl methyl sites for hydroxylation is 2. The number of fused-ring (bicyclic) bond motifs is 8. The molecule has 6 aromatic carbocycles. The second-order valence-electron chi connectivity index (χ2n) is 23.2. The standard InChI is InChI=1S/C59H61BN3O2/c1-34-18-19-35(25-41(34)44-17-15-16-24-61(44)14)36-26-47-53-48(27-36)63-46-23-21-38(57(5,6)7)31-50(46)65-52-33-40(59(11,12)13)29-43(55(52)63)60(53)42-28-39(58(8,9)10)32-51-54(42)62(47)45-22-20-37(56(2,3)4)30-49(45)64-51/h15-33H,1-14H3/q+1. The summed E-state index contributed by atoms with van der Waals surface area (Å²) in [6, 6.07) is 41.7. The molecule has 0 fully saturated rings. The highest BCUT2D eigenvalue weighted by Gasteiger charge is 2.49. The maximum absolute atomic E-state index is 7.21. The molecule has 65 heavy (non-hydrogen) atoms. The summed E-state index contributed by atoms with van der Waals surface area (Å²) in [6.45, 7) is 29.7. The van der Waals surface area contributed by atoms with E-state index in [4.69, 9.17) is 9.47 Å². The van der Waals surface area contributed by atoms with Crippen molar-refractivity contribution in [3.63, 3.8) is 0 Å². The lowest BCUT2D eigenvalue weighted by atomic mass is 9.33. The fourth-order valence-electron chi connectivity index (χ4n) is 10.5. The summed E-state index contributed by atoms with van der Waals surface area (Å²) in [5.41, 5.74) is 21.1. The summed E-state index contributed by atoms with van der Waals surface area (Å²) >= 11 is 0. The minimum Gasteiger partial charge on any atom is -0.453 e. The lowest BCUT2D eigenvalue weighted by molar-refractivity contribution is -0.660. The van der Waals surface area contributed by atoms with Gasteiger partial charge in [0.15, 0.2) is 29.2 Å². The number of ether oxygens (including phenoxy) is 2. The molecule has 5 nitrogen and oxygen atoms in total. The smallest absolute Gasteiger partial charge is 0.252 e. The topological polar surface area (TPSA) is 28.8 Å². The van der Waals surface area contributed by atoms with Crippen LogP contribution in [0.2, 0.25) is 0 Å². The van der Waals surface area contributed by atoms with Gasteiger partial charge in [0.1, 0.15) is 7.05 Å². The van der Waals surface area contributed by atoms with Gasteiger partial charge in [-0.3, -0.25) is 0 Å². The molecule has 6 heteroatoms. The van der Waals surface area contributed by atoms with E-state index in [1.54, 1.807) is 0 Å². The van der Waals surface area contributed by atoms with Gasteiger partial charge in [-0.1, -0.05) is 119 Å². The zero-order valence-corrected chi connectivity index (χ0v) is 40.7. The molecule has 4 aliphatic heterocycles. The minimum atomic E-state index is -0.126. The van der Waals surface area contributed by atoms with Crippen molar-refractivity contribution in [3.05, 3.63) is 143 Å². The van der Waals surface area contributed by atoms with Crippen LogP contribution in [0.3, 0.4) is 0 Å². The molecule has 4 aliphatic rings. The second kappa shape index (κ2) is 13.6. The molecule has 11 rings (SSSR count). The Bertz CT molecular complexity index is 3030. The fourth-order valence-corrected chi connectivity index (χ4v) is 10.5. The van der Waals surface area contributed by atoms with Gasteiger partial charge in [0.25, 0.3) is 6.71 Å². The molecule has 0 radical (unpaired) electrons. The maximum atomic E-state index is 7.21. The Labute approximate surface area is 386 Å². The molecule has 0 spiro atoms. The first kappa shape index (κ1) is 41.4. The maximum Gasteiger partial charge on any atom is 0.252 e. The Balaban J connectivity index is 1.28. The van der Waals surface area contributed by atoms with Crippen molar-refractivity contribution < 1.29 is 14.0 Å². The van der Waals surface area contributed by atoms with Crippen LogP contribution in [0.1, 0.15) is 111 Å². The molecule has 1 aromatic heterocycles. The van der Waals surface area contributed by atoms with Crippen LogP contribution in [0, 0.1) is 6.92 Å². The van der Waals surface area contributed by atoms with Gasteiger partial charge >= 0.3 is 0 Å². The van der Waals surface area contributed by atoms with Crippen molar-refractivity contribution >= 4 is 57.2 Å². The van der Waals surface area contributed by atoms with E-state index in [1.165, 1.54) is 72.4 Å². The fraction of sp³-hybridized carbons (Fsp3) is 0.305. The van der Waals surface area contributed by atoms with E-state index in [9.17, 15) is 0 Å². The lowest BCUT2D eigenvalue weighted by Crippen LogP contribution is -2.62. The highest BCUT2D eigenvalue weighted by Crippen LogP contribution is 2.58. The number of pyridine rings is 1. The van der Waals surface area contributed by atoms with Crippen molar-refractivity contribution in [1.82, 2.24) is 0 Å². The average molecular weight is 855 g/mol. The predicted molar refractivity (Wildman–Crippen MR) is 272 cm³/mol. The molecule has 0 N–H and O–H groups in total. The Morgan fingerprint density at radius 3 is 1.40 bits per heavy atom. The lowest BCUT2D eigenvalue weighted by Gasteiger charge is -2.48.